The van der Waals surface area contributed by atoms with E-state index in [1.165, 1.54) is 17.8 Å². The molecule has 3 rings (SSSR count). The number of halogens is 3. The van der Waals surface area contributed by atoms with Crippen LogP contribution in [0.3, 0.4) is 0 Å². The van der Waals surface area contributed by atoms with Crippen molar-refractivity contribution in [2.75, 3.05) is 11.1 Å². The van der Waals surface area contributed by atoms with E-state index in [0.717, 1.165) is 5.56 Å². The zero-order valence-corrected chi connectivity index (χ0v) is 19.7. The summed E-state index contributed by atoms with van der Waals surface area (Å²) in [5.41, 5.74) is 1.79. The third kappa shape index (κ3) is 5.92. The van der Waals surface area contributed by atoms with E-state index in [-0.39, 0.29) is 29.1 Å². The highest BCUT2D eigenvalue weighted by atomic mass is 35.5. The number of rotatable bonds is 7. The van der Waals surface area contributed by atoms with Crippen molar-refractivity contribution >= 4 is 64.1 Å². The molecule has 2 amide bonds. The van der Waals surface area contributed by atoms with Crippen LogP contribution in [0.5, 0.6) is 0 Å². The Hall–Kier alpha value is -2.26. The summed E-state index contributed by atoms with van der Waals surface area (Å²) in [6, 6.07) is 9.99. The van der Waals surface area contributed by atoms with Gasteiger partial charge in [0.25, 0.3) is 5.91 Å². The molecule has 2 aromatic carbocycles. The quantitative estimate of drug-likeness (QED) is 0.459. The van der Waals surface area contributed by atoms with Gasteiger partial charge in [-0.05, 0) is 42.8 Å². The van der Waals surface area contributed by atoms with Crippen LogP contribution in [0.2, 0.25) is 15.1 Å². The van der Waals surface area contributed by atoms with Crippen LogP contribution >= 0.6 is 46.6 Å². The average molecular weight is 499 g/mol. The number of carbonyl (C=O) groups is 2. The second-order valence-electron chi connectivity index (χ2n) is 6.51. The molecule has 7 nitrogen and oxygen atoms in total. The van der Waals surface area contributed by atoms with E-state index in [1.807, 2.05) is 6.92 Å². The maximum absolute atomic E-state index is 12.3. The van der Waals surface area contributed by atoms with E-state index < -0.39 is 0 Å². The first kappa shape index (κ1) is 23.4. The Morgan fingerprint density at radius 1 is 1.10 bits per heavy atom. The first-order valence-corrected chi connectivity index (χ1v) is 11.2. The lowest BCUT2D eigenvalue weighted by Crippen LogP contribution is -2.24. The summed E-state index contributed by atoms with van der Waals surface area (Å²) < 4.78 is 1.71. The predicted molar refractivity (Wildman–Crippen MR) is 124 cm³/mol. The molecule has 1 heterocycles. The summed E-state index contributed by atoms with van der Waals surface area (Å²) in [4.78, 5) is 24.6. The van der Waals surface area contributed by atoms with Crippen molar-refractivity contribution in [2.24, 2.45) is 7.05 Å². The second-order valence-corrected chi connectivity index (χ2v) is 8.71. The van der Waals surface area contributed by atoms with Gasteiger partial charge in [0.05, 0.1) is 22.9 Å². The number of aromatic nitrogens is 3. The third-order valence-electron chi connectivity index (χ3n) is 4.38. The smallest absolute Gasteiger partial charge is 0.253 e. The first-order valence-electron chi connectivity index (χ1n) is 9.05. The molecule has 2 N–H and O–H groups in total. The Morgan fingerprint density at radius 3 is 2.61 bits per heavy atom. The minimum Gasteiger partial charge on any atom is -0.345 e. The van der Waals surface area contributed by atoms with Crippen molar-refractivity contribution in [1.82, 2.24) is 20.1 Å². The minimum absolute atomic E-state index is 0.144. The largest absolute Gasteiger partial charge is 0.345 e. The molecule has 0 aliphatic carbocycles. The fraction of sp³-hybridized carbons (Fsp3) is 0.200. The molecule has 0 unspecified atom stereocenters. The number of anilines is 1. The Morgan fingerprint density at radius 2 is 1.87 bits per heavy atom. The summed E-state index contributed by atoms with van der Waals surface area (Å²) in [7, 11) is 1.76. The molecular weight excluding hydrogens is 481 g/mol. The minimum atomic E-state index is -0.352. The van der Waals surface area contributed by atoms with Crippen LogP contribution < -0.4 is 10.6 Å². The van der Waals surface area contributed by atoms with Gasteiger partial charge in [-0.3, -0.25) is 9.59 Å². The van der Waals surface area contributed by atoms with Crippen molar-refractivity contribution in [1.29, 1.82) is 0 Å². The molecule has 0 spiro atoms. The lowest BCUT2D eigenvalue weighted by Gasteiger charge is -2.09. The maximum atomic E-state index is 12.3. The molecular formula is C20H18Cl3N5O2S. The Labute approximate surface area is 198 Å². The summed E-state index contributed by atoms with van der Waals surface area (Å²) in [5, 5.41) is 15.6. The number of carbonyl (C=O) groups excluding carboxylic acids is 2. The zero-order valence-electron chi connectivity index (χ0n) is 16.6. The normalized spacial score (nSPS) is 10.7. The molecule has 0 radical (unpaired) electrons. The lowest BCUT2D eigenvalue weighted by molar-refractivity contribution is -0.113. The summed E-state index contributed by atoms with van der Waals surface area (Å²) >= 11 is 19.2. The number of hydrogen-bond acceptors (Lipinski definition) is 5. The molecule has 0 bridgehead atoms. The number of benzene rings is 2. The molecule has 162 valence electrons. The molecule has 0 saturated carbocycles. The van der Waals surface area contributed by atoms with Gasteiger partial charge in [0.2, 0.25) is 5.91 Å². The summed E-state index contributed by atoms with van der Waals surface area (Å²) in [6.45, 7) is 1.99. The molecule has 3 aromatic rings. The lowest BCUT2D eigenvalue weighted by atomic mass is 10.2. The van der Waals surface area contributed by atoms with Gasteiger partial charge in [-0.1, -0.05) is 52.6 Å². The van der Waals surface area contributed by atoms with E-state index in [1.54, 1.807) is 41.9 Å². The maximum Gasteiger partial charge on any atom is 0.253 e. The molecule has 0 saturated heterocycles. The van der Waals surface area contributed by atoms with E-state index in [2.05, 4.69) is 20.8 Å². The zero-order chi connectivity index (χ0) is 22.5. The number of hydrogen-bond donors (Lipinski definition) is 2. The van der Waals surface area contributed by atoms with Crippen LogP contribution in [0.4, 0.5) is 5.69 Å². The second kappa shape index (κ2) is 10.4. The summed E-state index contributed by atoms with van der Waals surface area (Å²) in [5.74, 6) is 0.137. The molecule has 0 aliphatic heterocycles. The van der Waals surface area contributed by atoms with Crippen LogP contribution in [0.1, 0.15) is 21.7 Å². The van der Waals surface area contributed by atoms with Gasteiger partial charge >= 0.3 is 0 Å². The van der Waals surface area contributed by atoms with Crippen molar-refractivity contribution < 1.29 is 9.59 Å². The monoisotopic (exact) mass is 497 g/mol. The average Bonchev–Trinajstić information content (AvgIpc) is 3.07. The Balaban J connectivity index is 1.55. The molecule has 1 aromatic heterocycles. The number of thioether (sulfide) groups is 1. The van der Waals surface area contributed by atoms with Gasteiger partial charge in [-0.25, -0.2) is 0 Å². The summed E-state index contributed by atoms with van der Waals surface area (Å²) in [6.07, 6.45) is 0. The Kier molecular flexibility index (Phi) is 7.83. The molecule has 0 atom stereocenters. The number of amides is 2. The van der Waals surface area contributed by atoms with E-state index in [0.29, 0.717) is 32.3 Å². The topological polar surface area (TPSA) is 88.9 Å². The van der Waals surface area contributed by atoms with Crippen LogP contribution in [0.15, 0.2) is 41.6 Å². The fourth-order valence-corrected chi connectivity index (χ4v) is 4.01. The van der Waals surface area contributed by atoms with Crippen molar-refractivity contribution in [3.8, 4) is 0 Å². The SMILES string of the molecule is Cc1c(Cl)cccc1NC(=O)CSc1nnc(CNC(=O)c2ccc(Cl)cc2Cl)n1C. The van der Waals surface area contributed by atoms with Crippen LogP contribution in [0, 0.1) is 6.92 Å². The Bertz CT molecular complexity index is 1140. The molecule has 11 heteroatoms. The van der Waals surface area contributed by atoms with Gasteiger partial charge in [0, 0.05) is 22.8 Å². The van der Waals surface area contributed by atoms with E-state index in [9.17, 15) is 9.59 Å². The fourth-order valence-electron chi connectivity index (χ4n) is 2.61. The van der Waals surface area contributed by atoms with Gasteiger partial charge in [0.1, 0.15) is 0 Å². The van der Waals surface area contributed by atoms with E-state index >= 15 is 0 Å². The highest BCUT2D eigenvalue weighted by molar-refractivity contribution is 7.99. The van der Waals surface area contributed by atoms with E-state index in [4.69, 9.17) is 34.8 Å². The van der Waals surface area contributed by atoms with Crippen LogP contribution in [-0.4, -0.2) is 32.3 Å². The van der Waals surface area contributed by atoms with Gasteiger partial charge in [-0.15, -0.1) is 10.2 Å². The molecule has 0 fully saturated rings. The highest BCUT2D eigenvalue weighted by Crippen LogP contribution is 2.24. The third-order valence-corrected chi connectivity index (χ3v) is 6.36. The van der Waals surface area contributed by atoms with Gasteiger partial charge in [-0.2, -0.15) is 0 Å². The highest BCUT2D eigenvalue weighted by Gasteiger charge is 2.15. The van der Waals surface area contributed by atoms with Gasteiger partial charge < -0.3 is 15.2 Å². The standard InChI is InChI=1S/C20H18Cl3N5O2S/c1-11-14(22)4-3-5-16(11)25-18(29)10-31-20-27-26-17(28(20)2)9-24-19(30)13-7-6-12(21)8-15(13)23/h3-8H,9-10H2,1-2H3,(H,24,30)(H,25,29). The first-order chi connectivity index (χ1) is 14.8. The number of nitrogens with zero attached hydrogens (tertiary/aromatic N) is 3. The van der Waals surface area contributed by atoms with Crippen molar-refractivity contribution in [3.05, 3.63) is 68.4 Å². The predicted octanol–water partition coefficient (Wildman–Crippen LogP) is 4.74. The van der Waals surface area contributed by atoms with Crippen LogP contribution in [0.25, 0.3) is 0 Å². The number of nitrogens with one attached hydrogen (secondary N) is 2. The molecule has 0 aliphatic rings. The van der Waals surface area contributed by atoms with Crippen molar-refractivity contribution in [2.45, 2.75) is 18.6 Å². The van der Waals surface area contributed by atoms with Crippen LogP contribution in [-0.2, 0) is 18.4 Å². The van der Waals surface area contributed by atoms with Crippen molar-refractivity contribution in [3.63, 3.8) is 0 Å². The molecule has 31 heavy (non-hydrogen) atoms. The van der Waals surface area contributed by atoms with Gasteiger partial charge in [0.15, 0.2) is 11.0 Å².